The lowest BCUT2D eigenvalue weighted by molar-refractivity contribution is -0.115. The van der Waals surface area contributed by atoms with Gasteiger partial charge in [-0.25, -0.2) is 14.2 Å². The molecule has 0 saturated heterocycles. The largest absolute Gasteiger partial charge is 0.478 e. The quantitative estimate of drug-likeness (QED) is 0.717. The number of halogens is 1. The summed E-state index contributed by atoms with van der Waals surface area (Å²) >= 11 is 1.46. The minimum atomic E-state index is -1.31. The van der Waals surface area contributed by atoms with Crippen molar-refractivity contribution in [3.63, 3.8) is 0 Å². The number of benzene rings is 1. The molecule has 1 amide bonds. The number of carbonyl (C=O) groups is 2. The number of amides is 1. The summed E-state index contributed by atoms with van der Waals surface area (Å²) in [6.07, 6.45) is 1.62. The van der Waals surface area contributed by atoms with Crippen LogP contribution in [-0.4, -0.2) is 28.5 Å². The molecule has 0 radical (unpaired) electrons. The summed E-state index contributed by atoms with van der Waals surface area (Å²) in [5.41, 5.74) is 5.81. The van der Waals surface area contributed by atoms with E-state index in [2.05, 4.69) is 10.3 Å². The second-order valence-electron chi connectivity index (χ2n) is 4.84. The Balaban J connectivity index is 2.02. The summed E-state index contributed by atoms with van der Waals surface area (Å²) in [5.74, 6) is -2.39. The van der Waals surface area contributed by atoms with Gasteiger partial charge in [0.05, 0.1) is 28.4 Å². The van der Waals surface area contributed by atoms with Gasteiger partial charge in [-0.2, -0.15) is 0 Å². The van der Waals surface area contributed by atoms with E-state index in [0.29, 0.717) is 12.2 Å². The fourth-order valence-corrected chi connectivity index (χ4v) is 2.80. The van der Waals surface area contributed by atoms with Crippen LogP contribution in [0, 0.1) is 5.82 Å². The minimum absolute atomic E-state index is 0.0234. The number of nitrogens with one attached hydrogen (secondary N) is 1. The molecule has 6 nitrogen and oxygen atoms in total. The van der Waals surface area contributed by atoms with Crippen LogP contribution in [0.4, 0.5) is 10.1 Å². The third-order valence-corrected chi connectivity index (χ3v) is 3.98. The zero-order valence-corrected chi connectivity index (χ0v) is 13.0. The van der Waals surface area contributed by atoms with Crippen LogP contribution in [0.15, 0.2) is 23.6 Å². The average Bonchev–Trinajstić information content (AvgIpc) is 2.94. The minimum Gasteiger partial charge on any atom is -0.478 e. The molecule has 1 aromatic heterocycles. The number of nitrogens with zero attached hydrogens (tertiary/aromatic N) is 1. The Morgan fingerprint density at radius 2 is 2.17 bits per heavy atom. The Labute approximate surface area is 136 Å². The highest BCUT2D eigenvalue weighted by Crippen LogP contribution is 2.18. The van der Waals surface area contributed by atoms with Crippen molar-refractivity contribution in [1.82, 2.24) is 4.98 Å². The van der Waals surface area contributed by atoms with Gasteiger partial charge < -0.3 is 16.2 Å². The highest BCUT2D eigenvalue weighted by Gasteiger charge is 2.14. The number of thiazole rings is 1. The second-order valence-corrected chi connectivity index (χ2v) is 5.79. The first-order chi connectivity index (χ1) is 11.0. The molecule has 0 saturated carbocycles. The van der Waals surface area contributed by atoms with E-state index in [0.717, 1.165) is 30.0 Å². The summed E-state index contributed by atoms with van der Waals surface area (Å²) in [6, 6.07) is 3.19. The van der Waals surface area contributed by atoms with E-state index in [1.807, 2.05) is 0 Å². The van der Waals surface area contributed by atoms with Gasteiger partial charge in [-0.15, -0.1) is 11.3 Å². The number of nitrogens with two attached hydrogens (primary N) is 1. The lowest BCUT2D eigenvalue weighted by Crippen LogP contribution is -2.17. The highest BCUT2D eigenvalue weighted by atomic mass is 32.1. The van der Waals surface area contributed by atoms with Gasteiger partial charge in [0.2, 0.25) is 5.91 Å². The van der Waals surface area contributed by atoms with E-state index >= 15 is 0 Å². The van der Waals surface area contributed by atoms with Crippen LogP contribution < -0.4 is 11.1 Å². The van der Waals surface area contributed by atoms with Gasteiger partial charge in [0.15, 0.2) is 0 Å². The van der Waals surface area contributed by atoms with E-state index in [-0.39, 0.29) is 17.7 Å². The van der Waals surface area contributed by atoms with Crippen LogP contribution in [0.5, 0.6) is 0 Å². The number of aromatic carboxylic acids is 1. The lowest BCUT2D eigenvalue weighted by Gasteiger charge is -2.07. The van der Waals surface area contributed by atoms with Crippen molar-refractivity contribution in [2.24, 2.45) is 5.73 Å². The standard InChI is InChI=1S/C15H16FN3O3S/c16-9-3-4-12(11(6-9)15(21)22)19-13(20)7-10-8-23-14(18-10)2-1-5-17/h3-4,6,8H,1-2,5,7,17H2,(H,19,20)(H,21,22). The molecule has 0 bridgehead atoms. The maximum absolute atomic E-state index is 13.1. The third kappa shape index (κ3) is 4.83. The molecule has 2 rings (SSSR count). The smallest absolute Gasteiger partial charge is 0.337 e. The van der Waals surface area contributed by atoms with Gasteiger partial charge in [-0.3, -0.25) is 4.79 Å². The number of anilines is 1. The van der Waals surface area contributed by atoms with Crippen LogP contribution in [-0.2, 0) is 17.6 Å². The monoisotopic (exact) mass is 337 g/mol. The summed E-state index contributed by atoms with van der Waals surface area (Å²) in [5, 5.41) is 14.2. The zero-order chi connectivity index (χ0) is 16.8. The highest BCUT2D eigenvalue weighted by molar-refractivity contribution is 7.09. The maximum atomic E-state index is 13.1. The van der Waals surface area contributed by atoms with Gasteiger partial charge in [0.1, 0.15) is 5.82 Å². The van der Waals surface area contributed by atoms with Crippen LogP contribution >= 0.6 is 11.3 Å². The molecule has 2 aromatic rings. The van der Waals surface area contributed by atoms with Gasteiger partial charge in [-0.05, 0) is 31.2 Å². The van der Waals surface area contributed by atoms with E-state index in [1.54, 1.807) is 5.38 Å². The number of hydrogen-bond acceptors (Lipinski definition) is 5. The Morgan fingerprint density at radius 3 is 2.87 bits per heavy atom. The summed E-state index contributed by atoms with van der Waals surface area (Å²) < 4.78 is 13.1. The lowest BCUT2D eigenvalue weighted by atomic mass is 10.1. The Hall–Kier alpha value is -2.32. The van der Waals surface area contributed by atoms with Crippen LogP contribution in [0.25, 0.3) is 0 Å². The van der Waals surface area contributed by atoms with Crippen molar-refractivity contribution in [3.05, 3.63) is 45.7 Å². The molecular weight excluding hydrogens is 321 g/mol. The number of hydrogen-bond donors (Lipinski definition) is 3. The molecular formula is C15H16FN3O3S. The van der Waals surface area contributed by atoms with Crippen molar-refractivity contribution in [1.29, 1.82) is 0 Å². The predicted octanol–water partition coefficient (Wildman–Crippen LogP) is 2.05. The van der Waals surface area contributed by atoms with Crippen molar-refractivity contribution >= 4 is 28.9 Å². The number of carboxylic acid groups (broad SMARTS) is 1. The Kier molecular flexibility index (Phi) is 5.78. The molecule has 0 atom stereocenters. The topological polar surface area (TPSA) is 105 Å². The fourth-order valence-electron chi connectivity index (χ4n) is 1.96. The molecule has 0 spiro atoms. The van der Waals surface area contributed by atoms with Crippen molar-refractivity contribution in [2.45, 2.75) is 19.3 Å². The first-order valence-corrected chi connectivity index (χ1v) is 7.83. The van der Waals surface area contributed by atoms with E-state index in [9.17, 15) is 14.0 Å². The molecule has 0 aliphatic carbocycles. The molecule has 0 aliphatic heterocycles. The summed E-state index contributed by atoms with van der Waals surface area (Å²) in [4.78, 5) is 27.4. The van der Waals surface area contributed by atoms with Crippen molar-refractivity contribution in [2.75, 3.05) is 11.9 Å². The molecule has 1 heterocycles. The zero-order valence-electron chi connectivity index (χ0n) is 12.2. The Morgan fingerprint density at radius 1 is 1.39 bits per heavy atom. The molecule has 0 fully saturated rings. The number of rotatable bonds is 7. The number of carbonyl (C=O) groups excluding carboxylic acids is 1. The second kappa shape index (κ2) is 7.80. The van der Waals surface area contributed by atoms with Gasteiger partial charge in [0, 0.05) is 11.8 Å². The molecule has 0 aliphatic rings. The molecule has 0 unspecified atom stereocenters. The fraction of sp³-hybridized carbons (Fsp3) is 0.267. The number of aryl methyl sites for hydroxylation is 1. The first-order valence-electron chi connectivity index (χ1n) is 6.95. The molecule has 1 aromatic carbocycles. The average molecular weight is 337 g/mol. The van der Waals surface area contributed by atoms with Crippen molar-refractivity contribution < 1.29 is 19.1 Å². The van der Waals surface area contributed by atoms with Crippen LogP contribution in [0.1, 0.15) is 27.5 Å². The maximum Gasteiger partial charge on any atom is 0.337 e. The van der Waals surface area contributed by atoms with Crippen LogP contribution in [0.2, 0.25) is 0 Å². The van der Waals surface area contributed by atoms with Gasteiger partial charge in [0.25, 0.3) is 0 Å². The SMILES string of the molecule is NCCCc1nc(CC(=O)Nc2ccc(F)cc2C(=O)O)cs1. The van der Waals surface area contributed by atoms with Gasteiger partial charge >= 0.3 is 5.97 Å². The molecule has 8 heteroatoms. The van der Waals surface area contributed by atoms with Crippen LogP contribution in [0.3, 0.4) is 0 Å². The molecule has 122 valence electrons. The van der Waals surface area contributed by atoms with Crippen molar-refractivity contribution in [3.8, 4) is 0 Å². The van der Waals surface area contributed by atoms with E-state index in [4.69, 9.17) is 10.8 Å². The normalized spacial score (nSPS) is 10.5. The summed E-state index contributed by atoms with van der Waals surface area (Å²) in [7, 11) is 0. The summed E-state index contributed by atoms with van der Waals surface area (Å²) in [6.45, 7) is 0.581. The number of aromatic nitrogens is 1. The van der Waals surface area contributed by atoms with Gasteiger partial charge in [-0.1, -0.05) is 0 Å². The predicted molar refractivity (Wildman–Crippen MR) is 85.2 cm³/mol. The third-order valence-electron chi connectivity index (χ3n) is 3.02. The first kappa shape index (κ1) is 17.0. The van der Waals surface area contributed by atoms with E-state index < -0.39 is 17.7 Å². The molecule has 23 heavy (non-hydrogen) atoms. The molecule has 4 N–H and O–H groups in total. The Bertz CT molecular complexity index is 718. The number of carboxylic acids is 1. The van der Waals surface area contributed by atoms with E-state index in [1.165, 1.54) is 17.4 Å².